The molecule has 1 aliphatic heterocycles. The van der Waals surface area contributed by atoms with Crippen molar-refractivity contribution in [2.45, 2.75) is 56.5 Å². The third kappa shape index (κ3) is 4.90. The molecular formula is C23H32ClN3OS. The lowest BCUT2D eigenvalue weighted by Gasteiger charge is -2.43. The number of hydrogen-bond acceptors (Lipinski definition) is 4. The molecule has 1 unspecified atom stereocenters. The topological polar surface area (TPSA) is 35.6 Å². The molecule has 1 amide bonds. The molecule has 0 bridgehead atoms. The van der Waals surface area contributed by atoms with Crippen LogP contribution in [0.1, 0.15) is 50.9 Å². The Kier molecular flexibility index (Phi) is 8.87. The van der Waals surface area contributed by atoms with Gasteiger partial charge in [0.15, 0.2) is 0 Å². The van der Waals surface area contributed by atoms with Gasteiger partial charge in [-0.1, -0.05) is 51.6 Å². The number of benzene rings is 2. The van der Waals surface area contributed by atoms with Crippen molar-refractivity contribution < 1.29 is 4.79 Å². The van der Waals surface area contributed by atoms with Crippen LogP contribution >= 0.6 is 24.2 Å². The van der Waals surface area contributed by atoms with Crippen LogP contribution in [0.4, 0.5) is 11.4 Å². The van der Waals surface area contributed by atoms with E-state index >= 15 is 0 Å². The molecule has 1 aliphatic rings. The molecular weight excluding hydrogens is 402 g/mol. The Morgan fingerprint density at radius 3 is 2.38 bits per heavy atom. The van der Waals surface area contributed by atoms with Crippen molar-refractivity contribution in [3.63, 3.8) is 0 Å². The second-order valence-electron chi connectivity index (χ2n) is 6.99. The summed E-state index contributed by atoms with van der Waals surface area (Å²) in [7, 11) is 0. The average Bonchev–Trinajstić information content (AvgIpc) is 2.74. The van der Waals surface area contributed by atoms with Gasteiger partial charge < -0.3 is 10.2 Å². The summed E-state index contributed by atoms with van der Waals surface area (Å²) in [5.74, 6) is 0.00402. The first-order valence-corrected chi connectivity index (χ1v) is 11.2. The van der Waals surface area contributed by atoms with Crippen LogP contribution in [-0.4, -0.2) is 36.6 Å². The highest BCUT2D eigenvalue weighted by Crippen LogP contribution is 2.49. The number of hydrogen-bond donors (Lipinski definition) is 1. The Hall–Kier alpha value is -1.69. The van der Waals surface area contributed by atoms with Gasteiger partial charge in [-0.25, -0.2) is 0 Å². The SMILES string of the molecule is CCCNC(=O)c1ccc2c(c1)N(C(CC)N(CC)CC)c1ccccc1S2.Cl. The number of carbonyl (C=O) groups is 1. The zero-order valence-electron chi connectivity index (χ0n) is 17.8. The number of para-hydroxylation sites is 1. The summed E-state index contributed by atoms with van der Waals surface area (Å²) in [4.78, 5) is 20.0. The molecule has 0 spiro atoms. The van der Waals surface area contributed by atoms with Gasteiger partial charge in [0.2, 0.25) is 0 Å². The van der Waals surface area contributed by atoms with Gasteiger partial charge >= 0.3 is 0 Å². The summed E-state index contributed by atoms with van der Waals surface area (Å²) < 4.78 is 0. The molecule has 2 aromatic carbocycles. The van der Waals surface area contributed by atoms with E-state index in [1.807, 2.05) is 6.07 Å². The largest absolute Gasteiger partial charge is 0.352 e. The molecule has 0 aliphatic carbocycles. The number of nitrogens with one attached hydrogen (secondary N) is 1. The minimum absolute atomic E-state index is 0. The lowest BCUT2D eigenvalue weighted by atomic mass is 10.1. The molecule has 4 nitrogen and oxygen atoms in total. The number of anilines is 2. The first-order chi connectivity index (χ1) is 13.6. The van der Waals surface area contributed by atoms with E-state index in [-0.39, 0.29) is 24.5 Å². The van der Waals surface area contributed by atoms with Crippen molar-refractivity contribution in [3.8, 4) is 0 Å². The highest BCUT2D eigenvalue weighted by molar-refractivity contribution is 7.99. The minimum Gasteiger partial charge on any atom is -0.352 e. The summed E-state index contributed by atoms with van der Waals surface area (Å²) in [5.41, 5.74) is 3.09. The fraction of sp³-hybridized carbons (Fsp3) is 0.435. The third-order valence-electron chi connectivity index (χ3n) is 5.26. The highest BCUT2D eigenvalue weighted by atomic mass is 35.5. The summed E-state index contributed by atoms with van der Waals surface area (Å²) in [6, 6.07) is 14.7. The molecule has 3 rings (SSSR count). The van der Waals surface area contributed by atoms with Crippen molar-refractivity contribution in [2.75, 3.05) is 24.5 Å². The van der Waals surface area contributed by atoms with Gasteiger partial charge in [-0.2, -0.15) is 0 Å². The van der Waals surface area contributed by atoms with E-state index in [1.54, 1.807) is 11.8 Å². The van der Waals surface area contributed by atoms with E-state index in [0.29, 0.717) is 6.54 Å². The quantitative estimate of drug-likeness (QED) is 0.559. The average molecular weight is 434 g/mol. The second-order valence-corrected chi connectivity index (χ2v) is 8.07. The Bertz CT molecular complexity index is 826. The molecule has 0 radical (unpaired) electrons. The lowest BCUT2D eigenvalue weighted by Crippen LogP contribution is -2.46. The van der Waals surface area contributed by atoms with Crippen molar-refractivity contribution in [1.82, 2.24) is 10.2 Å². The van der Waals surface area contributed by atoms with Gasteiger partial charge in [0.05, 0.1) is 17.5 Å². The lowest BCUT2D eigenvalue weighted by molar-refractivity contribution is 0.0953. The smallest absolute Gasteiger partial charge is 0.251 e. The Balaban J connectivity index is 0.00000300. The number of halogens is 1. The fourth-order valence-corrected chi connectivity index (χ4v) is 4.89. The van der Waals surface area contributed by atoms with Gasteiger partial charge in [-0.05, 0) is 56.3 Å². The summed E-state index contributed by atoms with van der Waals surface area (Å²) in [5, 5.41) is 3.00. The monoisotopic (exact) mass is 433 g/mol. The van der Waals surface area contributed by atoms with E-state index < -0.39 is 0 Å². The maximum Gasteiger partial charge on any atom is 0.251 e. The van der Waals surface area contributed by atoms with Crippen LogP contribution in [0.3, 0.4) is 0 Å². The number of amides is 1. The Morgan fingerprint density at radius 1 is 1.03 bits per heavy atom. The third-order valence-corrected chi connectivity index (χ3v) is 6.39. The van der Waals surface area contributed by atoms with Crippen LogP contribution in [0.15, 0.2) is 52.3 Å². The summed E-state index contributed by atoms with van der Waals surface area (Å²) in [6.07, 6.45) is 2.20. The molecule has 0 saturated carbocycles. The van der Waals surface area contributed by atoms with Crippen LogP contribution in [0.2, 0.25) is 0 Å². The normalized spacial score (nSPS) is 13.3. The first-order valence-electron chi connectivity index (χ1n) is 10.4. The highest BCUT2D eigenvalue weighted by Gasteiger charge is 2.31. The molecule has 0 aromatic heterocycles. The molecule has 6 heteroatoms. The van der Waals surface area contributed by atoms with Gasteiger partial charge in [-0.15, -0.1) is 12.4 Å². The standard InChI is InChI=1S/C23H31N3OS.ClH/c1-5-15-24-23(27)17-13-14-21-19(16-17)26(22(6-2)25(7-3)8-4)18-11-9-10-12-20(18)28-21;/h9-14,16,22H,5-8,15H2,1-4H3,(H,24,27);1H. The van der Waals surface area contributed by atoms with Crippen LogP contribution in [0.5, 0.6) is 0 Å². The molecule has 1 heterocycles. The Labute approximate surface area is 185 Å². The molecule has 158 valence electrons. The van der Waals surface area contributed by atoms with Crippen LogP contribution in [0.25, 0.3) is 0 Å². The zero-order chi connectivity index (χ0) is 20.1. The zero-order valence-corrected chi connectivity index (χ0v) is 19.4. The van der Waals surface area contributed by atoms with Crippen molar-refractivity contribution in [3.05, 3.63) is 48.0 Å². The molecule has 1 N–H and O–H groups in total. The van der Waals surface area contributed by atoms with E-state index in [4.69, 9.17) is 0 Å². The maximum absolute atomic E-state index is 12.6. The van der Waals surface area contributed by atoms with Gasteiger partial charge in [0, 0.05) is 21.9 Å². The number of rotatable bonds is 8. The van der Waals surface area contributed by atoms with Crippen LogP contribution in [-0.2, 0) is 0 Å². The molecule has 1 atom stereocenters. The second kappa shape index (κ2) is 10.9. The molecule has 0 saturated heterocycles. The predicted octanol–water partition coefficient (Wildman–Crippen LogP) is 5.93. The number of nitrogens with zero attached hydrogens (tertiary/aromatic N) is 2. The predicted molar refractivity (Wildman–Crippen MR) is 126 cm³/mol. The van der Waals surface area contributed by atoms with Gasteiger partial charge in [0.1, 0.15) is 0 Å². The van der Waals surface area contributed by atoms with Crippen LogP contribution in [0, 0.1) is 0 Å². The summed E-state index contributed by atoms with van der Waals surface area (Å²) >= 11 is 1.79. The molecule has 29 heavy (non-hydrogen) atoms. The molecule has 2 aromatic rings. The van der Waals surface area contributed by atoms with Gasteiger partial charge in [-0.3, -0.25) is 9.69 Å². The van der Waals surface area contributed by atoms with E-state index in [0.717, 1.165) is 37.2 Å². The minimum atomic E-state index is 0. The van der Waals surface area contributed by atoms with E-state index in [2.05, 4.69) is 79.2 Å². The molecule has 0 fully saturated rings. The van der Waals surface area contributed by atoms with E-state index in [9.17, 15) is 4.79 Å². The van der Waals surface area contributed by atoms with Crippen molar-refractivity contribution in [2.24, 2.45) is 0 Å². The number of fused-ring (bicyclic) bond motifs is 2. The van der Waals surface area contributed by atoms with E-state index in [1.165, 1.54) is 15.5 Å². The first kappa shape index (κ1) is 23.6. The van der Waals surface area contributed by atoms with Crippen LogP contribution < -0.4 is 10.2 Å². The Morgan fingerprint density at radius 2 is 1.72 bits per heavy atom. The van der Waals surface area contributed by atoms with Crippen molar-refractivity contribution in [1.29, 1.82) is 0 Å². The fourth-order valence-electron chi connectivity index (χ4n) is 3.83. The van der Waals surface area contributed by atoms with Crippen molar-refractivity contribution >= 4 is 41.5 Å². The van der Waals surface area contributed by atoms with Gasteiger partial charge in [0.25, 0.3) is 5.91 Å². The summed E-state index contributed by atoms with van der Waals surface area (Å²) in [6.45, 7) is 11.4. The maximum atomic E-state index is 12.6. The number of carbonyl (C=O) groups excluding carboxylic acids is 1.